The van der Waals surface area contributed by atoms with Crippen LogP contribution in [0.15, 0.2) is 42.5 Å². The SMILES string of the molecule is COc1cc(C(=O)N2CC3CCC2[C@@H]3N)cc2nc(-c3cc4ccc(-c5cc6c(cc5O)NC(=O)CC6)nc4n3CC3CC3)n(C)c12. The second-order valence-corrected chi connectivity index (χ2v) is 13.7. The zero-order valence-corrected chi connectivity index (χ0v) is 26.5. The van der Waals surface area contributed by atoms with Gasteiger partial charge in [0.05, 0.1) is 24.0 Å². The Morgan fingerprint density at radius 2 is 1.94 bits per heavy atom. The second kappa shape index (κ2) is 10.3. The summed E-state index contributed by atoms with van der Waals surface area (Å²) in [6.07, 6.45) is 5.41. The molecule has 3 atom stereocenters. The van der Waals surface area contributed by atoms with Crippen LogP contribution < -0.4 is 15.8 Å². The molecule has 2 saturated carbocycles. The number of benzene rings is 2. The first-order valence-electron chi connectivity index (χ1n) is 16.5. The van der Waals surface area contributed by atoms with E-state index in [1.807, 2.05) is 46.8 Å². The van der Waals surface area contributed by atoms with Crippen LogP contribution in [-0.2, 0) is 24.8 Å². The monoisotopic (exact) mass is 631 g/mol. The zero-order chi connectivity index (χ0) is 32.1. The number of aromatic hydroxyl groups is 1. The summed E-state index contributed by atoms with van der Waals surface area (Å²) in [6.45, 7) is 1.51. The van der Waals surface area contributed by atoms with Crippen molar-refractivity contribution >= 4 is 39.6 Å². The van der Waals surface area contributed by atoms with Gasteiger partial charge >= 0.3 is 0 Å². The van der Waals surface area contributed by atoms with E-state index in [0.29, 0.717) is 65.0 Å². The summed E-state index contributed by atoms with van der Waals surface area (Å²) >= 11 is 0. The Bertz CT molecular complexity index is 2140. The lowest BCUT2D eigenvalue weighted by atomic mass is 9.98. The molecule has 47 heavy (non-hydrogen) atoms. The number of methoxy groups -OCH3 is 1. The molecule has 5 aromatic rings. The fourth-order valence-electron chi connectivity index (χ4n) is 8.09. The molecule has 4 N–H and O–H groups in total. The number of pyridine rings is 1. The average molecular weight is 632 g/mol. The highest BCUT2D eigenvalue weighted by Gasteiger charge is 2.47. The number of carbonyl (C=O) groups is 2. The molecule has 5 heterocycles. The van der Waals surface area contributed by atoms with Crippen molar-refractivity contribution in [2.24, 2.45) is 24.6 Å². The molecule has 2 aliphatic heterocycles. The summed E-state index contributed by atoms with van der Waals surface area (Å²) in [5, 5.41) is 14.8. The molecule has 1 saturated heterocycles. The maximum absolute atomic E-state index is 13.8. The highest BCUT2D eigenvalue weighted by molar-refractivity contribution is 6.01. The number of hydrogen-bond donors (Lipinski definition) is 3. The standard InChI is InChI=1S/C36H37N7O4/c1-41-33-26(12-22(14-30(33)47-2)36(46)43-17-21-6-9-27(43)32(21)37)40-35(41)28-13-20-5-8-24(39-34(20)42(28)16-18-3-4-18)23-11-19-7-10-31(45)38-25(19)15-29(23)44/h5,8,11-15,18,21,27,32,44H,3-4,6-7,9-10,16-17,37H2,1-2H3,(H,38,45)/t21?,27?,32-/m1/s1. The number of hydrogen-bond acceptors (Lipinski definition) is 7. The minimum atomic E-state index is -0.0415. The molecule has 2 aliphatic carbocycles. The molecule has 0 spiro atoms. The number of phenols is 1. The van der Waals surface area contributed by atoms with Gasteiger partial charge in [-0.05, 0) is 85.9 Å². The van der Waals surface area contributed by atoms with Gasteiger partial charge in [0.15, 0.2) is 5.82 Å². The van der Waals surface area contributed by atoms with E-state index >= 15 is 0 Å². The quantitative estimate of drug-likeness (QED) is 0.244. The number of aromatic nitrogens is 4. The van der Waals surface area contributed by atoms with Crippen LogP contribution in [0.4, 0.5) is 5.69 Å². The molecule has 4 aliphatic rings. The van der Waals surface area contributed by atoms with Crippen LogP contribution in [0.3, 0.4) is 0 Å². The Morgan fingerprint density at radius 3 is 2.68 bits per heavy atom. The Balaban J connectivity index is 1.14. The van der Waals surface area contributed by atoms with Gasteiger partial charge in [-0.1, -0.05) is 0 Å². The van der Waals surface area contributed by atoms with Gasteiger partial charge in [-0.3, -0.25) is 9.59 Å². The molecule has 240 valence electrons. The maximum Gasteiger partial charge on any atom is 0.254 e. The van der Waals surface area contributed by atoms with E-state index < -0.39 is 0 Å². The number of nitrogens with zero attached hydrogens (tertiary/aromatic N) is 5. The number of phenolic OH excluding ortho intramolecular Hbond substituents is 1. The number of anilines is 1. The van der Waals surface area contributed by atoms with E-state index in [0.717, 1.165) is 53.0 Å². The first-order valence-corrected chi connectivity index (χ1v) is 16.5. The lowest BCUT2D eigenvalue weighted by molar-refractivity contribution is -0.116. The summed E-state index contributed by atoms with van der Waals surface area (Å²) in [7, 11) is 3.61. The van der Waals surface area contributed by atoms with E-state index in [1.54, 1.807) is 13.2 Å². The van der Waals surface area contributed by atoms with Crippen LogP contribution in [0.25, 0.3) is 44.8 Å². The van der Waals surface area contributed by atoms with Crippen molar-refractivity contribution < 1.29 is 19.4 Å². The maximum atomic E-state index is 13.8. The molecule has 11 heteroatoms. The molecule has 2 bridgehead atoms. The normalized spacial score (nSPS) is 21.9. The number of rotatable bonds is 6. The third-order valence-electron chi connectivity index (χ3n) is 10.8. The third kappa shape index (κ3) is 4.43. The van der Waals surface area contributed by atoms with Crippen molar-refractivity contribution in [3.63, 3.8) is 0 Å². The fourth-order valence-corrected chi connectivity index (χ4v) is 8.09. The van der Waals surface area contributed by atoms with Gasteiger partial charge in [0.2, 0.25) is 5.91 Å². The lowest BCUT2D eigenvalue weighted by Gasteiger charge is -2.27. The van der Waals surface area contributed by atoms with Crippen LogP contribution >= 0.6 is 0 Å². The van der Waals surface area contributed by atoms with Crippen molar-refractivity contribution in [1.29, 1.82) is 0 Å². The van der Waals surface area contributed by atoms with Crippen LogP contribution in [0.2, 0.25) is 0 Å². The first kappa shape index (κ1) is 28.3. The minimum Gasteiger partial charge on any atom is -0.507 e. The van der Waals surface area contributed by atoms with Gasteiger partial charge in [-0.25, -0.2) is 9.97 Å². The molecule has 3 aromatic heterocycles. The Kier molecular flexibility index (Phi) is 6.21. The first-order chi connectivity index (χ1) is 22.8. The van der Waals surface area contributed by atoms with E-state index in [2.05, 4.69) is 16.0 Å². The summed E-state index contributed by atoms with van der Waals surface area (Å²) in [5.41, 5.74) is 13.2. The molecular formula is C36H37N7O4. The molecule has 3 fully saturated rings. The number of amides is 2. The van der Waals surface area contributed by atoms with Gasteiger partial charge in [0.25, 0.3) is 5.91 Å². The van der Waals surface area contributed by atoms with Gasteiger partial charge in [0, 0.05) is 66.9 Å². The van der Waals surface area contributed by atoms with Gasteiger partial charge in [-0.15, -0.1) is 0 Å². The Morgan fingerprint density at radius 1 is 1.09 bits per heavy atom. The summed E-state index contributed by atoms with van der Waals surface area (Å²) in [6, 6.07) is 13.5. The number of piperidine rings is 1. The van der Waals surface area contributed by atoms with E-state index in [9.17, 15) is 14.7 Å². The van der Waals surface area contributed by atoms with Crippen LogP contribution in [0.1, 0.15) is 48.0 Å². The van der Waals surface area contributed by atoms with Gasteiger partial charge in [-0.2, -0.15) is 0 Å². The predicted octanol–water partition coefficient (Wildman–Crippen LogP) is 4.83. The molecule has 2 aromatic carbocycles. The van der Waals surface area contributed by atoms with Crippen molar-refractivity contribution in [3.05, 3.63) is 53.6 Å². The average Bonchev–Trinajstić information content (AvgIpc) is 3.47. The van der Waals surface area contributed by atoms with E-state index in [1.165, 1.54) is 12.8 Å². The van der Waals surface area contributed by atoms with E-state index in [-0.39, 0.29) is 29.6 Å². The van der Waals surface area contributed by atoms with Crippen molar-refractivity contribution in [1.82, 2.24) is 24.0 Å². The number of fused-ring (bicyclic) bond motifs is 5. The van der Waals surface area contributed by atoms with Gasteiger partial charge in [0.1, 0.15) is 22.7 Å². The number of ether oxygens (including phenoxy) is 1. The number of aryl methyl sites for hydroxylation is 2. The largest absolute Gasteiger partial charge is 0.507 e. The molecule has 9 rings (SSSR count). The fraction of sp³-hybridized carbons (Fsp3) is 0.389. The number of nitrogens with two attached hydrogens (primary N) is 1. The van der Waals surface area contributed by atoms with Gasteiger partial charge < -0.3 is 34.9 Å². The molecular weight excluding hydrogens is 594 g/mol. The Hall–Kier alpha value is -4.90. The highest BCUT2D eigenvalue weighted by Crippen LogP contribution is 2.41. The lowest BCUT2D eigenvalue weighted by Crippen LogP contribution is -2.41. The second-order valence-electron chi connectivity index (χ2n) is 13.7. The van der Waals surface area contributed by atoms with Crippen molar-refractivity contribution in [2.45, 2.75) is 57.2 Å². The number of carbonyl (C=O) groups excluding carboxylic acids is 2. The Labute approximate surface area is 271 Å². The highest BCUT2D eigenvalue weighted by atomic mass is 16.5. The van der Waals surface area contributed by atoms with Crippen LogP contribution in [0.5, 0.6) is 11.5 Å². The topological polar surface area (TPSA) is 141 Å². The number of imidazole rings is 1. The summed E-state index contributed by atoms with van der Waals surface area (Å²) in [5.74, 6) is 2.31. The minimum absolute atomic E-state index is 0.0209. The number of likely N-dealkylation sites (tertiary alicyclic amines) is 1. The molecule has 0 radical (unpaired) electrons. The van der Waals surface area contributed by atoms with Crippen molar-refractivity contribution in [3.8, 4) is 34.3 Å². The molecule has 11 nitrogen and oxygen atoms in total. The summed E-state index contributed by atoms with van der Waals surface area (Å²) in [4.78, 5) is 37.8. The van der Waals surface area contributed by atoms with Crippen LogP contribution in [0, 0.1) is 11.8 Å². The molecule has 2 amide bonds. The molecule has 2 unspecified atom stereocenters. The zero-order valence-electron chi connectivity index (χ0n) is 26.5. The number of nitrogens with one attached hydrogen (secondary N) is 1. The van der Waals surface area contributed by atoms with E-state index in [4.69, 9.17) is 20.4 Å². The smallest absolute Gasteiger partial charge is 0.254 e. The predicted molar refractivity (Wildman–Crippen MR) is 178 cm³/mol. The summed E-state index contributed by atoms with van der Waals surface area (Å²) < 4.78 is 10.1. The van der Waals surface area contributed by atoms with Crippen molar-refractivity contribution in [2.75, 3.05) is 19.0 Å². The van der Waals surface area contributed by atoms with Crippen LogP contribution in [-0.4, -0.2) is 66.7 Å². The third-order valence-corrected chi connectivity index (χ3v) is 10.8.